The lowest BCUT2D eigenvalue weighted by molar-refractivity contribution is -0.135. The Morgan fingerprint density at radius 1 is 1.11 bits per heavy atom. The predicted molar refractivity (Wildman–Crippen MR) is 68.8 cm³/mol. The maximum absolute atomic E-state index is 13.7. The fourth-order valence-corrected chi connectivity index (χ4v) is 4.21. The van der Waals surface area contributed by atoms with E-state index in [2.05, 4.69) is 27.7 Å². The van der Waals surface area contributed by atoms with Crippen molar-refractivity contribution in [3.8, 4) is 0 Å². The van der Waals surface area contributed by atoms with Crippen molar-refractivity contribution in [2.75, 3.05) is 13.1 Å². The van der Waals surface area contributed by atoms with Gasteiger partial charge in [0.2, 0.25) is 5.91 Å². The Kier molecular flexibility index (Phi) is 2.21. The Bertz CT molecular complexity index is 443. The smallest absolute Gasteiger partial charge is 0.259 e. The molecule has 0 radical (unpaired) electrons. The van der Waals surface area contributed by atoms with Crippen molar-refractivity contribution in [3.05, 3.63) is 0 Å². The van der Waals surface area contributed by atoms with Crippen molar-refractivity contribution in [2.24, 2.45) is 28.1 Å². The van der Waals surface area contributed by atoms with Crippen LogP contribution in [0.5, 0.6) is 0 Å². The van der Waals surface area contributed by atoms with Gasteiger partial charge in [-0.3, -0.25) is 4.79 Å². The van der Waals surface area contributed by atoms with Crippen molar-refractivity contribution in [2.45, 2.75) is 47.0 Å². The number of piperidine rings is 1. The van der Waals surface area contributed by atoms with Crippen molar-refractivity contribution in [3.63, 3.8) is 0 Å². The molecule has 0 aromatic carbocycles. The van der Waals surface area contributed by atoms with E-state index in [1.165, 1.54) is 0 Å². The van der Waals surface area contributed by atoms with Crippen molar-refractivity contribution in [1.82, 2.24) is 4.90 Å². The lowest BCUT2D eigenvalue weighted by Gasteiger charge is -2.29. The summed E-state index contributed by atoms with van der Waals surface area (Å²) in [6, 6.07) is 0. The number of amides is 1. The number of rotatable bonds is 1. The molecule has 3 aliphatic rings. The molecule has 2 unspecified atom stereocenters. The zero-order valence-corrected chi connectivity index (χ0v) is 12.4. The quantitative estimate of drug-likeness (QED) is 0.717. The third-order valence-corrected chi connectivity index (χ3v) is 6.77. The second-order valence-corrected chi connectivity index (χ2v) is 8.00. The number of carbonyl (C=O) groups is 1. The van der Waals surface area contributed by atoms with E-state index in [1.807, 2.05) is 0 Å². The molecular weight excluding hydrogens is 248 g/mol. The average Bonchev–Trinajstić information content (AvgIpc) is 2.89. The van der Waals surface area contributed by atoms with Crippen molar-refractivity contribution in [1.29, 1.82) is 0 Å². The molecule has 4 heteroatoms. The zero-order chi connectivity index (χ0) is 14.4. The van der Waals surface area contributed by atoms with Gasteiger partial charge in [0.15, 0.2) is 0 Å². The number of alkyl halides is 2. The summed E-state index contributed by atoms with van der Waals surface area (Å²) in [6.45, 7) is 10.8. The van der Waals surface area contributed by atoms with E-state index < -0.39 is 17.3 Å². The summed E-state index contributed by atoms with van der Waals surface area (Å²) < 4.78 is 27.4. The summed E-state index contributed by atoms with van der Waals surface area (Å²) in [4.78, 5) is 14.2. The number of nitrogens with zero attached hydrogens (tertiary/aromatic N) is 1. The highest BCUT2D eigenvalue weighted by Crippen LogP contribution is 2.71. The van der Waals surface area contributed by atoms with Gasteiger partial charge in [-0.15, -0.1) is 0 Å². The van der Waals surface area contributed by atoms with Gasteiger partial charge in [0.05, 0.1) is 5.92 Å². The average molecular weight is 271 g/mol. The number of hydrogen-bond acceptors (Lipinski definition) is 1. The van der Waals surface area contributed by atoms with E-state index >= 15 is 0 Å². The number of fused-ring (bicyclic) bond motifs is 1. The van der Waals surface area contributed by atoms with Gasteiger partial charge in [-0.05, 0) is 17.3 Å². The molecule has 2 atom stereocenters. The van der Waals surface area contributed by atoms with Gasteiger partial charge in [-0.25, -0.2) is 8.78 Å². The molecular formula is C15H23F2NO. The van der Waals surface area contributed by atoms with Crippen LogP contribution in [0.1, 0.15) is 41.0 Å². The summed E-state index contributed by atoms with van der Waals surface area (Å²) in [5.74, 6) is -3.13. The number of carbonyl (C=O) groups excluding carboxylic acids is 1. The normalized spacial score (nSPS) is 41.6. The van der Waals surface area contributed by atoms with Gasteiger partial charge < -0.3 is 4.90 Å². The molecule has 3 rings (SSSR count). The second-order valence-electron chi connectivity index (χ2n) is 8.00. The molecule has 0 spiro atoms. The van der Waals surface area contributed by atoms with E-state index in [4.69, 9.17) is 0 Å². The van der Waals surface area contributed by atoms with E-state index in [9.17, 15) is 13.6 Å². The third-order valence-electron chi connectivity index (χ3n) is 6.77. The fourth-order valence-electron chi connectivity index (χ4n) is 4.21. The van der Waals surface area contributed by atoms with E-state index in [0.717, 1.165) is 0 Å². The molecule has 2 saturated carbocycles. The Hall–Kier alpha value is -0.670. The van der Waals surface area contributed by atoms with Crippen LogP contribution in [0, 0.1) is 28.1 Å². The third kappa shape index (κ3) is 1.33. The molecule has 108 valence electrons. The lowest BCUT2D eigenvalue weighted by Crippen LogP contribution is -2.40. The van der Waals surface area contributed by atoms with Crippen LogP contribution in [0.3, 0.4) is 0 Å². The SMILES string of the molecule is CC1(C)C(C(=O)N2CCC3(C)C(C2)C3(F)F)C1(C)C. The van der Waals surface area contributed by atoms with Gasteiger partial charge in [-0.2, -0.15) is 0 Å². The van der Waals surface area contributed by atoms with Crippen LogP contribution in [-0.4, -0.2) is 29.8 Å². The van der Waals surface area contributed by atoms with Crippen LogP contribution >= 0.6 is 0 Å². The lowest BCUT2D eigenvalue weighted by atomic mass is 9.97. The first-order chi connectivity index (χ1) is 8.48. The van der Waals surface area contributed by atoms with Crippen LogP contribution in [0.2, 0.25) is 0 Å². The molecule has 1 amide bonds. The second kappa shape index (κ2) is 3.15. The summed E-state index contributed by atoms with van der Waals surface area (Å²) in [7, 11) is 0. The van der Waals surface area contributed by atoms with Gasteiger partial charge in [-0.1, -0.05) is 34.6 Å². The standard InChI is InChI=1S/C15H23F2NO/c1-12(2)10(13(12,3)4)11(19)18-7-6-14(5)9(8-18)15(14,16)17/h9-10H,6-8H2,1-5H3. The largest absolute Gasteiger partial charge is 0.342 e. The summed E-state index contributed by atoms with van der Waals surface area (Å²) >= 11 is 0. The first-order valence-electron chi connectivity index (χ1n) is 7.14. The summed E-state index contributed by atoms with van der Waals surface area (Å²) in [5.41, 5.74) is -0.883. The van der Waals surface area contributed by atoms with Crippen LogP contribution in [-0.2, 0) is 4.79 Å². The van der Waals surface area contributed by atoms with E-state index in [0.29, 0.717) is 13.0 Å². The monoisotopic (exact) mass is 271 g/mol. The molecule has 2 aliphatic carbocycles. The summed E-state index contributed by atoms with van der Waals surface area (Å²) in [5, 5.41) is 0. The highest BCUT2D eigenvalue weighted by Gasteiger charge is 2.79. The minimum atomic E-state index is -2.57. The predicted octanol–water partition coefficient (Wildman–Crippen LogP) is 3.17. The molecule has 0 aromatic heterocycles. The van der Waals surface area contributed by atoms with Crippen molar-refractivity contribution >= 4 is 5.91 Å². The van der Waals surface area contributed by atoms with Crippen LogP contribution in [0.25, 0.3) is 0 Å². The Morgan fingerprint density at radius 2 is 1.63 bits per heavy atom. The maximum Gasteiger partial charge on any atom is 0.259 e. The molecule has 1 aliphatic heterocycles. The van der Waals surface area contributed by atoms with Gasteiger partial charge in [0.25, 0.3) is 5.92 Å². The number of halogens is 2. The molecule has 0 bridgehead atoms. The molecule has 1 heterocycles. The molecule has 19 heavy (non-hydrogen) atoms. The van der Waals surface area contributed by atoms with Crippen LogP contribution in [0.15, 0.2) is 0 Å². The molecule has 2 nitrogen and oxygen atoms in total. The Morgan fingerprint density at radius 3 is 2.05 bits per heavy atom. The van der Waals surface area contributed by atoms with Gasteiger partial charge in [0, 0.05) is 24.4 Å². The van der Waals surface area contributed by atoms with Crippen LogP contribution < -0.4 is 0 Å². The number of hydrogen-bond donors (Lipinski definition) is 0. The van der Waals surface area contributed by atoms with E-state index in [1.54, 1.807) is 11.8 Å². The minimum Gasteiger partial charge on any atom is -0.342 e. The van der Waals surface area contributed by atoms with Gasteiger partial charge >= 0.3 is 0 Å². The Labute approximate surface area is 113 Å². The van der Waals surface area contributed by atoms with Gasteiger partial charge in [0.1, 0.15) is 0 Å². The number of likely N-dealkylation sites (tertiary alicyclic amines) is 1. The Balaban J connectivity index is 1.72. The maximum atomic E-state index is 13.7. The highest BCUT2D eigenvalue weighted by molar-refractivity contribution is 5.84. The highest BCUT2D eigenvalue weighted by atomic mass is 19.3. The molecule has 1 saturated heterocycles. The molecule has 3 fully saturated rings. The first kappa shape index (κ1) is 13.3. The molecule has 0 N–H and O–H groups in total. The summed E-state index contributed by atoms with van der Waals surface area (Å²) in [6.07, 6.45) is 0.435. The first-order valence-corrected chi connectivity index (χ1v) is 7.14. The molecule has 0 aromatic rings. The zero-order valence-electron chi connectivity index (χ0n) is 12.4. The van der Waals surface area contributed by atoms with E-state index in [-0.39, 0.29) is 29.2 Å². The topological polar surface area (TPSA) is 20.3 Å². The minimum absolute atomic E-state index is 0.0169. The fraction of sp³-hybridized carbons (Fsp3) is 0.933. The van der Waals surface area contributed by atoms with Crippen molar-refractivity contribution < 1.29 is 13.6 Å². The van der Waals surface area contributed by atoms with Crippen LogP contribution in [0.4, 0.5) is 8.78 Å².